The lowest BCUT2D eigenvalue weighted by Crippen LogP contribution is -2.56. The van der Waals surface area contributed by atoms with E-state index in [4.69, 9.17) is 16.3 Å². The SMILES string of the molecule is CC(C)COc1cccc(C(=O)N2CCN(C(=O)C3=NCCC(c4cccc(Cl)c4)C=N3)C(C)C2)c1. The molecule has 8 heteroatoms. The average Bonchev–Trinajstić information content (AvgIpc) is 3.13. The molecule has 2 aliphatic rings. The van der Waals surface area contributed by atoms with E-state index in [9.17, 15) is 9.59 Å². The minimum Gasteiger partial charge on any atom is -0.493 e. The van der Waals surface area contributed by atoms with Crippen molar-refractivity contribution in [3.63, 3.8) is 0 Å². The van der Waals surface area contributed by atoms with Crippen molar-refractivity contribution in [2.75, 3.05) is 32.8 Å². The average molecular weight is 509 g/mol. The third-order valence-corrected chi connectivity index (χ3v) is 6.62. The minimum absolute atomic E-state index is 0.0573. The number of amides is 2. The summed E-state index contributed by atoms with van der Waals surface area (Å²) in [6.07, 6.45) is 2.56. The second kappa shape index (κ2) is 11.7. The molecule has 2 aromatic rings. The first-order chi connectivity index (χ1) is 17.3. The van der Waals surface area contributed by atoms with Crippen molar-refractivity contribution in [1.82, 2.24) is 9.80 Å². The number of nitrogens with zero attached hydrogens (tertiary/aromatic N) is 4. The summed E-state index contributed by atoms with van der Waals surface area (Å²) in [5, 5.41) is 0.679. The molecule has 0 radical (unpaired) electrons. The molecule has 4 rings (SSSR count). The Labute approximate surface area is 217 Å². The van der Waals surface area contributed by atoms with E-state index >= 15 is 0 Å². The third kappa shape index (κ3) is 6.32. The molecule has 190 valence electrons. The van der Waals surface area contributed by atoms with Crippen LogP contribution in [0.4, 0.5) is 0 Å². The van der Waals surface area contributed by atoms with Gasteiger partial charge < -0.3 is 14.5 Å². The summed E-state index contributed by atoms with van der Waals surface area (Å²) >= 11 is 6.14. The third-order valence-electron chi connectivity index (χ3n) is 6.39. The quantitative estimate of drug-likeness (QED) is 0.567. The van der Waals surface area contributed by atoms with Gasteiger partial charge in [-0.15, -0.1) is 0 Å². The summed E-state index contributed by atoms with van der Waals surface area (Å²) in [6, 6.07) is 14.8. The summed E-state index contributed by atoms with van der Waals surface area (Å²) in [5.41, 5.74) is 1.65. The van der Waals surface area contributed by atoms with Gasteiger partial charge >= 0.3 is 0 Å². The van der Waals surface area contributed by atoms with Crippen LogP contribution in [0.15, 0.2) is 58.5 Å². The van der Waals surface area contributed by atoms with Crippen LogP contribution in [0.2, 0.25) is 5.02 Å². The Balaban J connectivity index is 1.38. The lowest BCUT2D eigenvalue weighted by molar-refractivity contribution is -0.128. The molecule has 2 aliphatic heterocycles. The number of rotatable bonds is 6. The van der Waals surface area contributed by atoms with E-state index in [1.807, 2.05) is 43.3 Å². The van der Waals surface area contributed by atoms with Gasteiger partial charge in [-0.05, 0) is 55.2 Å². The maximum atomic E-state index is 13.3. The van der Waals surface area contributed by atoms with Crippen molar-refractivity contribution in [2.45, 2.75) is 39.2 Å². The second-order valence-electron chi connectivity index (χ2n) is 9.77. The van der Waals surface area contributed by atoms with Crippen LogP contribution in [0.1, 0.15) is 49.0 Å². The maximum absolute atomic E-state index is 13.3. The highest BCUT2D eigenvalue weighted by atomic mass is 35.5. The monoisotopic (exact) mass is 508 g/mol. The fourth-order valence-electron chi connectivity index (χ4n) is 4.43. The van der Waals surface area contributed by atoms with Crippen LogP contribution in [-0.4, -0.2) is 72.5 Å². The number of hydrogen-bond donors (Lipinski definition) is 0. The largest absolute Gasteiger partial charge is 0.493 e. The first-order valence-corrected chi connectivity index (χ1v) is 12.9. The number of ether oxygens (including phenoxy) is 1. The lowest BCUT2D eigenvalue weighted by Gasteiger charge is -2.39. The number of amidine groups is 1. The molecular weight excluding hydrogens is 476 g/mol. The van der Waals surface area contributed by atoms with E-state index in [2.05, 4.69) is 23.8 Å². The first-order valence-electron chi connectivity index (χ1n) is 12.5. The molecule has 2 heterocycles. The van der Waals surface area contributed by atoms with Crippen LogP contribution in [0.3, 0.4) is 0 Å². The van der Waals surface area contributed by atoms with Crippen molar-refractivity contribution in [3.8, 4) is 5.75 Å². The number of benzene rings is 2. The van der Waals surface area contributed by atoms with Crippen LogP contribution in [0.25, 0.3) is 0 Å². The van der Waals surface area contributed by atoms with E-state index in [1.165, 1.54) is 0 Å². The molecule has 0 N–H and O–H groups in total. The highest BCUT2D eigenvalue weighted by molar-refractivity contribution is 6.39. The molecule has 1 fully saturated rings. The Bertz CT molecular complexity index is 1160. The fraction of sp³-hybridized carbons (Fsp3) is 0.429. The molecule has 1 saturated heterocycles. The second-order valence-corrected chi connectivity index (χ2v) is 10.2. The highest BCUT2D eigenvalue weighted by Gasteiger charge is 2.32. The molecule has 0 bridgehead atoms. The number of halogens is 1. The van der Waals surface area contributed by atoms with Crippen molar-refractivity contribution in [3.05, 3.63) is 64.7 Å². The van der Waals surface area contributed by atoms with E-state index < -0.39 is 0 Å². The normalized spacial score (nSPS) is 20.2. The molecule has 2 atom stereocenters. The van der Waals surface area contributed by atoms with E-state index in [1.54, 1.807) is 28.1 Å². The van der Waals surface area contributed by atoms with Crippen LogP contribution in [0.5, 0.6) is 5.75 Å². The first kappa shape index (κ1) is 25.9. The van der Waals surface area contributed by atoms with Gasteiger partial charge in [0.1, 0.15) is 5.75 Å². The molecule has 0 aliphatic carbocycles. The Morgan fingerprint density at radius 2 is 1.92 bits per heavy atom. The van der Waals surface area contributed by atoms with Gasteiger partial charge in [-0.25, -0.2) is 4.99 Å². The molecule has 0 aromatic heterocycles. The molecule has 2 aromatic carbocycles. The van der Waals surface area contributed by atoms with Crippen LogP contribution in [0, 0.1) is 5.92 Å². The van der Waals surface area contributed by atoms with Gasteiger partial charge in [-0.2, -0.15) is 0 Å². The lowest BCUT2D eigenvalue weighted by atomic mass is 9.97. The smallest absolute Gasteiger partial charge is 0.291 e. The molecule has 0 saturated carbocycles. The summed E-state index contributed by atoms with van der Waals surface area (Å²) < 4.78 is 5.78. The predicted octanol–water partition coefficient (Wildman–Crippen LogP) is 4.70. The molecule has 2 amide bonds. The number of carbonyl (C=O) groups is 2. The zero-order chi connectivity index (χ0) is 25.7. The summed E-state index contributed by atoms with van der Waals surface area (Å²) in [5.74, 6) is 1.13. The number of piperazine rings is 1. The van der Waals surface area contributed by atoms with E-state index in [0.717, 1.165) is 12.0 Å². The van der Waals surface area contributed by atoms with Crippen LogP contribution < -0.4 is 4.74 Å². The number of hydrogen-bond acceptors (Lipinski definition) is 5. The summed E-state index contributed by atoms with van der Waals surface area (Å²) in [4.78, 5) is 38.9. The Hall–Kier alpha value is -3.19. The molecule has 7 nitrogen and oxygen atoms in total. The van der Waals surface area contributed by atoms with Gasteiger partial charge in [0.2, 0.25) is 5.84 Å². The van der Waals surface area contributed by atoms with Gasteiger partial charge in [-0.1, -0.05) is 43.6 Å². The van der Waals surface area contributed by atoms with Gasteiger partial charge in [0.25, 0.3) is 11.8 Å². The van der Waals surface area contributed by atoms with Crippen molar-refractivity contribution in [2.24, 2.45) is 15.9 Å². The van der Waals surface area contributed by atoms with Gasteiger partial charge in [0, 0.05) is 54.9 Å². The number of carbonyl (C=O) groups excluding carboxylic acids is 2. The van der Waals surface area contributed by atoms with Crippen LogP contribution in [-0.2, 0) is 4.79 Å². The Kier molecular flexibility index (Phi) is 8.41. The zero-order valence-corrected chi connectivity index (χ0v) is 21.8. The van der Waals surface area contributed by atoms with Gasteiger partial charge in [-0.3, -0.25) is 14.6 Å². The standard InChI is InChI=1S/C28H33ClN4O3/c1-19(2)18-36-25-9-5-7-22(15-25)27(34)32-12-13-33(20(3)17-32)28(35)26-30-11-10-23(16-31-26)21-6-4-8-24(29)14-21/h4-9,14-16,19-20,23H,10-13,17-18H2,1-3H3. The summed E-state index contributed by atoms with van der Waals surface area (Å²) in [7, 11) is 0. The van der Waals surface area contributed by atoms with Crippen molar-refractivity contribution < 1.29 is 14.3 Å². The number of aliphatic imine (C=N–C) groups is 2. The van der Waals surface area contributed by atoms with Crippen molar-refractivity contribution in [1.29, 1.82) is 0 Å². The Morgan fingerprint density at radius 1 is 1.11 bits per heavy atom. The molecule has 2 unspecified atom stereocenters. The Morgan fingerprint density at radius 3 is 2.67 bits per heavy atom. The van der Waals surface area contributed by atoms with E-state index in [-0.39, 0.29) is 29.6 Å². The molecule has 0 spiro atoms. The minimum atomic E-state index is -0.193. The fourth-order valence-corrected chi connectivity index (χ4v) is 4.63. The molecular formula is C28H33ClN4O3. The summed E-state index contributed by atoms with van der Waals surface area (Å²) in [6.45, 7) is 8.57. The predicted molar refractivity (Wildman–Crippen MR) is 143 cm³/mol. The van der Waals surface area contributed by atoms with Crippen LogP contribution >= 0.6 is 11.6 Å². The van der Waals surface area contributed by atoms with Gasteiger partial charge in [0.05, 0.1) is 6.61 Å². The molecule has 36 heavy (non-hydrogen) atoms. The van der Waals surface area contributed by atoms with E-state index in [0.29, 0.717) is 55.0 Å². The van der Waals surface area contributed by atoms with Gasteiger partial charge in [0.15, 0.2) is 0 Å². The highest BCUT2D eigenvalue weighted by Crippen LogP contribution is 2.23. The maximum Gasteiger partial charge on any atom is 0.291 e. The van der Waals surface area contributed by atoms with Crippen molar-refractivity contribution >= 4 is 35.5 Å². The topological polar surface area (TPSA) is 74.6 Å². The zero-order valence-electron chi connectivity index (χ0n) is 21.1.